The third-order valence-electron chi connectivity index (χ3n) is 1.88. The number of ether oxygens (including phenoxy) is 1. The maximum atomic E-state index is 11.3. The lowest BCUT2D eigenvalue weighted by Crippen LogP contribution is -2.01. The molecule has 0 saturated carbocycles. The first-order valence-corrected chi connectivity index (χ1v) is 6.27. The lowest BCUT2D eigenvalue weighted by molar-refractivity contribution is 0.262. The molecule has 0 amide bonds. The molecule has 0 bridgehead atoms. The van der Waals surface area contributed by atoms with Crippen LogP contribution in [0.15, 0.2) is 20.3 Å². The molecule has 2 rings (SSSR count). The Morgan fingerprint density at radius 3 is 2.92 bits per heavy atom. The second kappa shape index (κ2) is 2.73. The minimum Gasteiger partial charge on any atom is -0.480 e. The Balaban J connectivity index is 2.53. The van der Waals surface area contributed by atoms with Crippen molar-refractivity contribution < 1.29 is 13.2 Å². The zero-order valence-corrected chi connectivity index (χ0v) is 9.18. The fourth-order valence-corrected chi connectivity index (χ4v) is 3.32. The Morgan fingerprint density at radius 1 is 1.42 bits per heavy atom. The van der Waals surface area contributed by atoms with Gasteiger partial charge in [-0.15, -0.1) is 0 Å². The highest BCUT2D eigenvalue weighted by Gasteiger charge is 2.31. The molecule has 1 aliphatic carbocycles. The summed E-state index contributed by atoms with van der Waals surface area (Å²) < 4.78 is 28.8. The van der Waals surface area contributed by atoms with Crippen molar-refractivity contribution in [2.24, 2.45) is 0 Å². The fourth-order valence-electron chi connectivity index (χ4n) is 1.27. The molecule has 0 aromatic heterocycles. The van der Waals surface area contributed by atoms with E-state index < -0.39 is 9.84 Å². The molecule has 0 saturated heterocycles. The average Bonchev–Trinajstić information content (AvgIpc) is 2.28. The monoisotopic (exact) mass is 298 g/mol. The Kier molecular flexibility index (Phi) is 1.95. The number of rotatable bonds is 0. The third kappa shape index (κ3) is 1.28. The van der Waals surface area contributed by atoms with E-state index in [1.807, 2.05) is 0 Å². The van der Waals surface area contributed by atoms with Crippen molar-refractivity contribution in [1.82, 2.24) is 0 Å². The summed E-state index contributed by atoms with van der Waals surface area (Å²) in [5, 5.41) is 0. The highest BCUT2D eigenvalue weighted by atomic mass is 127. The molecule has 0 atom stereocenters. The molecule has 0 radical (unpaired) electrons. The van der Waals surface area contributed by atoms with Crippen molar-refractivity contribution in [2.75, 3.05) is 5.94 Å². The summed E-state index contributed by atoms with van der Waals surface area (Å²) in [6.45, 7) is 0. The molecule has 3 nitrogen and oxygen atoms in total. The van der Waals surface area contributed by atoms with Gasteiger partial charge in [0.15, 0.2) is 5.94 Å². The molecule has 1 heterocycles. The lowest BCUT2D eigenvalue weighted by Gasteiger charge is -2.07. The number of allylic oxidation sites excluding steroid dienone is 3. The van der Waals surface area contributed by atoms with Crippen molar-refractivity contribution in [3.05, 3.63) is 20.3 Å². The fraction of sp³-hybridized carbons (Fsp3) is 0.429. The van der Waals surface area contributed by atoms with Crippen LogP contribution >= 0.6 is 22.6 Å². The van der Waals surface area contributed by atoms with Gasteiger partial charge in [0.1, 0.15) is 10.7 Å². The summed E-state index contributed by atoms with van der Waals surface area (Å²) in [4.78, 5) is 0.401. The molecular weight excluding hydrogens is 291 g/mol. The van der Waals surface area contributed by atoms with E-state index in [4.69, 9.17) is 4.74 Å². The van der Waals surface area contributed by atoms with Crippen molar-refractivity contribution in [3.8, 4) is 0 Å². The van der Waals surface area contributed by atoms with E-state index in [1.165, 1.54) is 0 Å². The van der Waals surface area contributed by atoms with Crippen LogP contribution in [0.1, 0.15) is 12.8 Å². The van der Waals surface area contributed by atoms with Gasteiger partial charge in [0.2, 0.25) is 9.84 Å². The first kappa shape index (κ1) is 8.55. The number of hydrogen-bond acceptors (Lipinski definition) is 3. The summed E-state index contributed by atoms with van der Waals surface area (Å²) >= 11 is 2.16. The third-order valence-corrected chi connectivity index (χ3v) is 4.17. The quantitative estimate of drug-likeness (QED) is 0.640. The smallest absolute Gasteiger partial charge is 0.216 e. The van der Waals surface area contributed by atoms with Gasteiger partial charge in [-0.3, -0.25) is 0 Å². The molecule has 0 fully saturated rings. The zero-order valence-electron chi connectivity index (χ0n) is 6.21. The van der Waals surface area contributed by atoms with Gasteiger partial charge in [-0.25, -0.2) is 8.42 Å². The van der Waals surface area contributed by atoms with Crippen LogP contribution in [0.4, 0.5) is 0 Å². The van der Waals surface area contributed by atoms with E-state index in [0.717, 1.165) is 16.4 Å². The molecule has 66 valence electrons. The highest BCUT2D eigenvalue weighted by molar-refractivity contribution is 14.1. The van der Waals surface area contributed by atoms with Gasteiger partial charge in [0, 0.05) is 6.42 Å². The molecule has 2 aliphatic rings. The topological polar surface area (TPSA) is 43.4 Å². The van der Waals surface area contributed by atoms with Gasteiger partial charge in [-0.1, -0.05) is 0 Å². The lowest BCUT2D eigenvalue weighted by atomic mass is 10.2. The van der Waals surface area contributed by atoms with Crippen LogP contribution in [-0.2, 0) is 14.6 Å². The first-order valence-electron chi connectivity index (χ1n) is 3.54. The Labute approximate surface area is 84.5 Å². The normalized spacial score (nSPS) is 26.2. The Hall–Kier alpha value is -0.0400. The molecule has 0 N–H and O–H groups in total. The van der Waals surface area contributed by atoms with E-state index in [0.29, 0.717) is 10.7 Å². The second-order valence-corrected chi connectivity index (χ2v) is 6.05. The average molecular weight is 298 g/mol. The Morgan fingerprint density at radius 2 is 2.17 bits per heavy atom. The second-order valence-electron chi connectivity index (χ2n) is 2.76. The van der Waals surface area contributed by atoms with E-state index in [9.17, 15) is 8.42 Å². The minimum absolute atomic E-state index is 0.169. The number of sulfone groups is 1. The van der Waals surface area contributed by atoms with Gasteiger partial charge >= 0.3 is 0 Å². The van der Waals surface area contributed by atoms with Crippen LogP contribution in [0, 0.1) is 0 Å². The van der Waals surface area contributed by atoms with Gasteiger partial charge in [0.25, 0.3) is 0 Å². The van der Waals surface area contributed by atoms with Crippen LogP contribution in [0.2, 0.25) is 0 Å². The first-order chi connectivity index (χ1) is 5.59. The highest BCUT2D eigenvalue weighted by Crippen LogP contribution is 2.35. The summed E-state index contributed by atoms with van der Waals surface area (Å²) in [7, 11) is -3.10. The van der Waals surface area contributed by atoms with Crippen molar-refractivity contribution in [3.63, 3.8) is 0 Å². The Bertz CT molecular complexity index is 377. The van der Waals surface area contributed by atoms with Crippen LogP contribution in [-0.4, -0.2) is 14.4 Å². The number of hydrogen-bond donors (Lipinski definition) is 0. The summed E-state index contributed by atoms with van der Waals surface area (Å²) in [5.41, 5.74) is 0. The summed E-state index contributed by atoms with van der Waals surface area (Å²) in [5.74, 6) is 0.480. The maximum absolute atomic E-state index is 11.3. The molecule has 12 heavy (non-hydrogen) atoms. The minimum atomic E-state index is -3.10. The van der Waals surface area contributed by atoms with E-state index in [2.05, 4.69) is 22.6 Å². The SMILES string of the molecule is O=S1(=O)COC2=C1C=C(I)CC2. The van der Waals surface area contributed by atoms with Crippen LogP contribution in [0.25, 0.3) is 0 Å². The maximum Gasteiger partial charge on any atom is 0.216 e. The predicted molar refractivity (Wildman–Crippen MR) is 53.2 cm³/mol. The van der Waals surface area contributed by atoms with Crippen molar-refractivity contribution in [2.45, 2.75) is 12.8 Å². The molecular formula is C7H7IO3S. The van der Waals surface area contributed by atoms with Crippen molar-refractivity contribution >= 4 is 32.4 Å². The van der Waals surface area contributed by atoms with Gasteiger partial charge < -0.3 is 4.74 Å². The number of halogens is 1. The van der Waals surface area contributed by atoms with E-state index >= 15 is 0 Å². The van der Waals surface area contributed by atoms with Crippen LogP contribution in [0.5, 0.6) is 0 Å². The van der Waals surface area contributed by atoms with E-state index in [-0.39, 0.29) is 5.94 Å². The standard InChI is InChI=1S/C7H7IO3S/c8-5-1-2-6-7(3-5)12(9,10)4-11-6/h3H,1-2,4H2. The van der Waals surface area contributed by atoms with Crippen LogP contribution in [0.3, 0.4) is 0 Å². The van der Waals surface area contributed by atoms with Gasteiger partial charge in [-0.05, 0) is 38.7 Å². The molecule has 0 spiro atoms. The summed E-state index contributed by atoms with van der Waals surface area (Å²) in [6.07, 6.45) is 3.33. The predicted octanol–water partition coefficient (Wildman–Crippen LogP) is 1.71. The van der Waals surface area contributed by atoms with E-state index in [1.54, 1.807) is 6.08 Å². The van der Waals surface area contributed by atoms with Crippen LogP contribution < -0.4 is 0 Å². The molecule has 0 aromatic rings. The molecule has 1 aliphatic heterocycles. The molecule has 0 unspecified atom stereocenters. The summed E-state index contributed by atoms with van der Waals surface area (Å²) in [6, 6.07) is 0. The van der Waals surface area contributed by atoms with Gasteiger partial charge in [0.05, 0.1) is 0 Å². The molecule has 5 heteroatoms. The molecule has 0 aromatic carbocycles. The zero-order chi connectivity index (χ0) is 8.77. The van der Waals surface area contributed by atoms with Crippen molar-refractivity contribution in [1.29, 1.82) is 0 Å². The largest absolute Gasteiger partial charge is 0.480 e. The van der Waals surface area contributed by atoms with Gasteiger partial charge in [-0.2, -0.15) is 0 Å².